The molecule has 1 aliphatic rings. The van der Waals surface area contributed by atoms with Crippen LogP contribution in [0.4, 0.5) is 11.8 Å². The Kier molecular flexibility index (Phi) is 3.11. The number of hydrogen-bond donors (Lipinski definition) is 2. The van der Waals surface area contributed by atoms with Crippen molar-refractivity contribution in [1.29, 1.82) is 0 Å². The molecule has 1 aromatic heterocycles. The molecule has 6 nitrogen and oxygen atoms in total. The molecule has 6 heteroatoms. The lowest BCUT2D eigenvalue weighted by Crippen LogP contribution is -2.37. The van der Waals surface area contributed by atoms with Crippen LogP contribution in [0.25, 0.3) is 0 Å². The maximum atomic E-state index is 11.4. The molecular formula is C12H19N5O. The summed E-state index contributed by atoms with van der Waals surface area (Å²) in [6.45, 7) is 5.23. The molecule has 1 atom stereocenters. The first kappa shape index (κ1) is 12.6. The maximum Gasteiger partial charge on any atom is 0.225 e. The lowest BCUT2D eigenvalue weighted by Gasteiger charge is -2.22. The molecule has 3 N–H and O–H groups in total. The standard InChI is InChI=1S/C12H19N5O/c1-8-6-9(16-11(14-3)15-8)17-5-4-12(2,7-17)10(13)18/h6H,4-5,7H2,1-3H3,(H2,13,18)(H,14,15,16). The van der Waals surface area contributed by atoms with Gasteiger partial charge in [0.05, 0.1) is 5.41 Å². The quantitative estimate of drug-likeness (QED) is 0.816. The van der Waals surface area contributed by atoms with Crippen LogP contribution in [0.5, 0.6) is 0 Å². The molecule has 0 aromatic carbocycles. The summed E-state index contributed by atoms with van der Waals surface area (Å²) in [5.41, 5.74) is 5.89. The summed E-state index contributed by atoms with van der Waals surface area (Å²) in [6, 6.07) is 1.92. The topological polar surface area (TPSA) is 84.1 Å². The summed E-state index contributed by atoms with van der Waals surface area (Å²) in [6.07, 6.45) is 0.764. The Morgan fingerprint density at radius 3 is 2.83 bits per heavy atom. The fourth-order valence-electron chi connectivity index (χ4n) is 2.18. The maximum absolute atomic E-state index is 11.4. The van der Waals surface area contributed by atoms with Gasteiger partial charge in [0.2, 0.25) is 11.9 Å². The zero-order chi connectivity index (χ0) is 13.3. The molecule has 2 rings (SSSR count). The lowest BCUT2D eigenvalue weighted by molar-refractivity contribution is -0.125. The first-order valence-corrected chi connectivity index (χ1v) is 6.03. The van der Waals surface area contributed by atoms with Gasteiger partial charge in [-0.05, 0) is 20.3 Å². The third-order valence-corrected chi connectivity index (χ3v) is 3.46. The van der Waals surface area contributed by atoms with Crippen LogP contribution in [0.3, 0.4) is 0 Å². The van der Waals surface area contributed by atoms with Gasteiger partial charge in [-0.25, -0.2) is 4.98 Å². The minimum Gasteiger partial charge on any atom is -0.369 e. The molecule has 0 aliphatic carbocycles. The monoisotopic (exact) mass is 249 g/mol. The van der Waals surface area contributed by atoms with Gasteiger partial charge >= 0.3 is 0 Å². The van der Waals surface area contributed by atoms with E-state index in [4.69, 9.17) is 5.73 Å². The van der Waals surface area contributed by atoms with Gasteiger partial charge in [0.1, 0.15) is 5.82 Å². The number of nitrogens with one attached hydrogen (secondary N) is 1. The van der Waals surface area contributed by atoms with Crippen molar-refractivity contribution in [1.82, 2.24) is 9.97 Å². The summed E-state index contributed by atoms with van der Waals surface area (Å²) in [5, 5.41) is 2.93. The van der Waals surface area contributed by atoms with E-state index in [0.717, 1.165) is 24.5 Å². The Labute approximate surface area is 107 Å². The van der Waals surface area contributed by atoms with E-state index in [1.807, 2.05) is 19.9 Å². The summed E-state index contributed by atoms with van der Waals surface area (Å²) in [4.78, 5) is 22.2. The van der Waals surface area contributed by atoms with Crippen LogP contribution in [0, 0.1) is 12.3 Å². The normalized spacial score (nSPS) is 23.2. The van der Waals surface area contributed by atoms with E-state index in [2.05, 4.69) is 20.2 Å². The van der Waals surface area contributed by atoms with Crippen molar-refractivity contribution in [2.45, 2.75) is 20.3 Å². The van der Waals surface area contributed by atoms with Gasteiger partial charge in [-0.2, -0.15) is 4.98 Å². The van der Waals surface area contributed by atoms with Crippen molar-refractivity contribution < 1.29 is 4.79 Å². The Hall–Kier alpha value is -1.85. The number of aryl methyl sites for hydroxylation is 1. The Bertz CT molecular complexity index is 476. The largest absolute Gasteiger partial charge is 0.369 e. The zero-order valence-electron chi connectivity index (χ0n) is 11.0. The number of carbonyl (C=O) groups excluding carboxylic acids is 1. The van der Waals surface area contributed by atoms with E-state index in [9.17, 15) is 4.79 Å². The van der Waals surface area contributed by atoms with Crippen molar-refractivity contribution >= 4 is 17.7 Å². The highest BCUT2D eigenvalue weighted by Gasteiger charge is 2.39. The van der Waals surface area contributed by atoms with Crippen molar-refractivity contribution in [3.05, 3.63) is 11.8 Å². The van der Waals surface area contributed by atoms with E-state index in [1.165, 1.54) is 0 Å². The second-order valence-corrected chi connectivity index (χ2v) is 5.04. The number of amides is 1. The number of primary amides is 1. The predicted octanol–water partition coefficient (Wildman–Crippen LogP) is 0.528. The highest BCUT2D eigenvalue weighted by atomic mass is 16.1. The van der Waals surface area contributed by atoms with E-state index in [0.29, 0.717) is 12.5 Å². The third kappa shape index (κ3) is 2.23. The van der Waals surface area contributed by atoms with Crippen molar-refractivity contribution in [2.75, 3.05) is 30.4 Å². The molecule has 0 spiro atoms. The summed E-state index contributed by atoms with van der Waals surface area (Å²) in [7, 11) is 1.79. The minimum atomic E-state index is -0.460. The second-order valence-electron chi connectivity index (χ2n) is 5.04. The van der Waals surface area contributed by atoms with Crippen LogP contribution in [-0.2, 0) is 4.79 Å². The van der Waals surface area contributed by atoms with Crippen LogP contribution in [0.2, 0.25) is 0 Å². The van der Waals surface area contributed by atoms with E-state index in [-0.39, 0.29) is 5.91 Å². The number of hydrogen-bond acceptors (Lipinski definition) is 5. The van der Waals surface area contributed by atoms with E-state index >= 15 is 0 Å². The number of anilines is 2. The van der Waals surface area contributed by atoms with Crippen LogP contribution in [-0.4, -0.2) is 36.0 Å². The molecule has 0 bridgehead atoms. The average molecular weight is 249 g/mol. The highest BCUT2D eigenvalue weighted by molar-refractivity contribution is 5.82. The average Bonchev–Trinajstić information content (AvgIpc) is 2.72. The molecule has 1 aromatic rings. The van der Waals surface area contributed by atoms with Crippen LogP contribution in [0.15, 0.2) is 6.07 Å². The molecule has 1 saturated heterocycles. The SMILES string of the molecule is CNc1nc(C)cc(N2CCC(C)(C(N)=O)C2)n1. The molecule has 0 radical (unpaired) electrons. The zero-order valence-corrected chi connectivity index (χ0v) is 11.0. The van der Waals surface area contributed by atoms with Gasteiger partial charge in [0, 0.05) is 31.9 Å². The second kappa shape index (κ2) is 4.44. The molecule has 18 heavy (non-hydrogen) atoms. The minimum absolute atomic E-state index is 0.246. The molecule has 1 aliphatic heterocycles. The van der Waals surface area contributed by atoms with Crippen molar-refractivity contribution in [3.63, 3.8) is 0 Å². The van der Waals surface area contributed by atoms with Gasteiger partial charge in [-0.3, -0.25) is 4.79 Å². The molecule has 1 amide bonds. The fraction of sp³-hybridized carbons (Fsp3) is 0.583. The first-order chi connectivity index (χ1) is 8.44. The highest BCUT2D eigenvalue weighted by Crippen LogP contribution is 2.32. The first-order valence-electron chi connectivity index (χ1n) is 6.03. The Morgan fingerprint density at radius 1 is 1.56 bits per heavy atom. The van der Waals surface area contributed by atoms with Crippen molar-refractivity contribution in [2.24, 2.45) is 11.1 Å². The van der Waals surface area contributed by atoms with Gasteiger partial charge in [0.25, 0.3) is 0 Å². The summed E-state index contributed by atoms with van der Waals surface area (Å²) < 4.78 is 0. The van der Waals surface area contributed by atoms with Crippen LogP contribution >= 0.6 is 0 Å². The number of nitrogens with two attached hydrogens (primary N) is 1. The molecule has 2 heterocycles. The van der Waals surface area contributed by atoms with Crippen molar-refractivity contribution in [3.8, 4) is 0 Å². The van der Waals surface area contributed by atoms with E-state index in [1.54, 1.807) is 7.05 Å². The molecule has 0 saturated carbocycles. The molecule has 98 valence electrons. The van der Waals surface area contributed by atoms with Crippen LogP contribution in [0.1, 0.15) is 19.0 Å². The van der Waals surface area contributed by atoms with Gasteiger partial charge in [0.15, 0.2) is 0 Å². The van der Waals surface area contributed by atoms with Gasteiger partial charge < -0.3 is 16.0 Å². The van der Waals surface area contributed by atoms with E-state index < -0.39 is 5.41 Å². The number of nitrogens with zero attached hydrogens (tertiary/aromatic N) is 3. The summed E-state index contributed by atoms with van der Waals surface area (Å²) >= 11 is 0. The molecule has 1 fully saturated rings. The van der Waals surface area contributed by atoms with Gasteiger partial charge in [-0.15, -0.1) is 0 Å². The Balaban J connectivity index is 2.24. The lowest BCUT2D eigenvalue weighted by atomic mass is 9.89. The number of aromatic nitrogens is 2. The third-order valence-electron chi connectivity index (χ3n) is 3.46. The predicted molar refractivity (Wildman–Crippen MR) is 70.4 cm³/mol. The molecular weight excluding hydrogens is 230 g/mol. The number of carbonyl (C=O) groups is 1. The fourth-order valence-corrected chi connectivity index (χ4v) is 2.18. The van der Waals surface area contributed by atoms with Crippen LogP contribution < -0.4 is 16.0 Å². The van der Waals surface area contributed by atoms with Gasteiger partial charge in [-0.1, -0.05) is 0 Å². The Morgan fingerprint density at radius 2 is 2.28 bits per heavy atom. The summed E-state index contributed by atoms with van der Waals surface area (Å²) in [5.74, 6) is 1.19. The molecule has 1 unspecified atom stereocenters. The smallest absolute Gasteiger partial charge is 0.225 e. The number of rotatable bonds is 3.